The molecule has 13 heavy (non-hydrogen) atoms. The molecule has 1 aromatic rings. The van der Waals surface area contributed by atoms with Crippen molar-refractivity contribution in [3.8, 4) is 0 Å². The van der Waals surface area contributed by atoms with E-state index in [9.17, 15) is 0 Å². The predicted octanol–water partition coefficient (Wildman–Crippen LogP) is 3.93. The van der Waals surface area contributed by atoms with Crippen molar-refractivity contribution in [2.75, 3.05) is 4.43 Å². The quantitative estimate of drug-likeness (QED) is 0.571. The summed E-state index contributed by atoms with van der Waals surface area (Å²) in [6.07, 6.45) is 5.61. The SMILES string of the molecule is ICC1(c2ccccc2)CCCC1. The third kappa shape index (κ3) is 1.76. The maximum atomic E-state index is 2.55. The molecule has 1 heteroatoms. The van der Waals surface area contributed by atoms with Gasteiger partial charge in [0.2, 0.25) is 0 Å². The van der Waals surface area contributed by atoms with Crippen LogP contribution in [0.2, 0.25) is 0 Å². The van der Waals surface area contributed by atoms with E-state index in [1.807, 2.05) is 0 Å². The van der Waals surface area contributed by atoms with Crippen molar-refractivity contribution in [1.29, 1.82) is 0 Å². The Morgan fingerprint density at radius 2 is 1.69 bits per heavy atom. The molecule has 0 nitrogen and oxygen atoms in total. The molecule has 70 valence electrons. The van der Waals surface area contributed by atoms with E-state index in [1.54, 1.807) is 5.56 Å². The first kappa shape index (κ1) is 9.50. The standard InChI is InChI=1S/C12H15I/c13-10-12(8-4-5-9-12)11-6-2-1-3-7-11/h1-3,6-7H,4-5,8-10H2. The third-order valence-corrected chi connectivity index (χ3v) is 4.66. The molecule has 0 radical (unpaired) electrons. The van der Waals surface area contributed by atoms with Crippen molar-refractivity contribution in [2.24, 2.45) is 0 Å². The number of rotatable bonds is 2. The third-order valence-electron chi connectivity index (χ3n) is 3.20. The van der Waals surface area contributed by atoms with Gasteiger partial charge in [-0.25, -0.2) is 0 Å². The number of hydrogen-bond acceptors (Lipinski definition) is 0. The topological polar surface area (TPSA) is 0 Å². The average molecular weight is 286 g/mol. The first-order valence-electron chi connectivity index (χ1n) is 4.99. The van der Waals surface area contributed by atoms with Gasteiger partial charge in [-0.05, 0) is 18.4 Å². The molecular weight excluding hydrogens is 271 g/mol. The molecular formula is C12H15I. The lowest BCUT2D eigenvalue weighted by atomic mass is 9.81. The van der Waals surface area contributed by atoms with Crippen LogP contribution in [0.1, 0.15) is 31.2 Å². The summed E-state index contributed by atoms with van der Waals surface area (Å²) in [4.78, 5) is 0. The zero-order chi connectivity index (χ0) is 9.15. The summed E-state index contributed by atoms with van der Waals surface area (Å²) in [5.41, 5.74) is 2.07. The Labute approximate surface area is 93.9 Å². The van der Waals surface area contributed by atoms with Crippen LogP contribution in [0, 0.1) is 0 Å². The molecule has 1 saturated carbocycles. The molecule has 0 aliphatic heterocycles. The van der Waals surface area contributed by atoms with E-state index >= 15 is 0 Å². The average Bonchev–Trinajstić information content (AvgIpc) is 2.69. The molecule has 0 spiro atoms. The lowest BCUT2D eigenvalue weighted by Crippen LogP contribution is -2.23. The van der Waals surface area contributed by atoms with Crippen LogP contribution >= 0.6 is 22.6 Å². The van der Waals surface area contributed by atoms with Crippen LogP contribution < -0.4 is 0 Å². The van der Waals surface area contributed by atoms with E-state index < -0.39 is 0 Å². The minimum absolute atomic E-state index is 0.516. The van der Waals surface area contributed by atoms with Crippen LogP contribution in [-0.4, -0.2) is 4.43 Å². The molecule has 0 heterocycles. The first-order chi connectivity index (χ1) is 6.37. The zero-order valence-electron chi connectivity index (χ0n) is 7.80. The Balaban J connectivity index is 2.31. The summed E-state index contributed by atoms with van der Waals surface area (Å²) < 4.78 is 1.27. The molecule has 2 rings (SSSR count). The Bertz CT molecular complexity index is 260. The van der Waals surface area contributed by atoms with Crippen LogP contribution in [0.4, 0.5) is 0 Å². The van der Waals surface area contributed by atoms with Crippen LogP contribution in [0.5, 0.6) is 0 Å². The summed E-state index contributed by atoms with van der Waals surface area (Å²) in [7, 11) is 0. The Morgan fingerprint density at radius 3 is 2.23 bits per heavy atom. The zero-order valence-corrected chi connectivity index (χ0v) is 9.96. The van der Waals surface area contributed by atoms with Crippen molar-refractivity contribution in [3.05, 3.63) is 35.9 Å². The fourth-order valence-electron chi connectivity index (χ4n) is 2.34. The minimum Gasteiger partial charge on any atom is -0.0854 e. The fraction of sp³-hybridized carbons (Fsp3) is 0.500. The molecule has 0 aromatic heterocycles. The van der Waals surface area contributed by atoms with Gasteiger partial charge < -0.3 is 0 Å². The van der Waals surface area contributed by atoms with E-state index in [2.05, 4.69) is 52.9 Å². The Morgan fingerprint density at radius 1 is 1.08 bits per heavy atom. The highest BCUT2D eigenvalue weighted by Gasteiger charge is 2.33. The molecule has 1 aliphatic rings. The predicted molar refractivity (Wildman–Crippen MR) is 65.5 cm³/mol. The second kappa shape index (κ2) is 3.99. The summed E-state index contributed by atoms with van der Waals surface area (Å²) in [6, 6.07) is 11.0. The summed E-state index contributed by atoms with van der Waals surface area (Å²) in [6.45, 7) is 0. The maximum absolute atomic E-state index is 2.55. The highest BCUT2D eigenvalue weighted by atomic mass is 127. The molecule has 0 saturated heterocycles. The lowest BCUT2D eigenvalue weighted by Gasteiger charge is -2.27. The van der Waals surface area contributed by atoms with Crippen molar-refractivity contribution in [2.45, 2.75) is 31.1 Å². The first-order valence-corrected chi connectivity index (χ1v) is 6.51. The van der Waals surface area contributed by atoms with Crippen LogP contribution in [0.3, 0.4) is 0 Å². The second-order valence-corrected chi connectivity index (χ2v) is 4.75. The lowest BCUT2D eigenvalue weighted by molar-refractivity contribution is 0.509. The smallest absolute Gasteiger partial charge is 0.00926 e. The summed E-state index contributed by atoms with van der Waals surface area (Å²) in [5.74, 6) is 0. The van der Waals surface area contributed by atoms with Gasteiger partial charge in [-0.3, -0.25) is 0 Å². The second-order valence-electron chi connectivity index (χ2n) is 3.99. The minimum atomic E-state index is 0.516. The number of benzene rings is 1. The van der Waals surface area contributed by atoms with Gasteiger partial charge in [-0.15, -0.1) is 0 Å². The van der Waals surface area contributed by atoms with Crippen LogP contribution in [-0.2, 0) is 5.41 Å². The van der Waals surface area contributed by atoms with Gasteiger partial charge >= 0.3 is 0 Å². The number of hydrogen-bond donors (Lipinski definition) is 0. The summed E-state index contributed by atoms with van der Waals surface area (Å²) >= 11 is 2.55. The number of halogens is 1. The monoisotopic (exact) mass is 286 g/mol. The van der Waals surface area contributed by atoms with Crippen LogP contribution in [0.15, 0.2) is 30.3 Å². The molecule has 1 aliphatic carbocycles. The molecule has 0 unspecified atom stereocenters. The van der Waals surface area contributed by atoms with Gasteiger partial charge in [0.25, 0.3) is 0 Å². The van der Waals surface area contributed by atoms with Gasteiger partial charge in [-0.1, -0.05) is 65.8 Å². The van der Waals surface area contributed by atoms with Gasteiger partial charge in [0, 0.05) is 9.84 Å². The van der Waals surface area contributed by atoms with E-state index in [-0.39, 0.29) is 0 Å². The Hall–Kier alpha value is -0.0500. The van der Waals surface area contributed by atoms with E-state index in [0.717, 1.165) is 0 Å². The highest BCUT2D eigenvalue weighted by molar-refractivity contribution is 14.1. The number of alkyl halides is 1. The molecule has 0 atom stereocenters. The van der Waals surface area contributed by atoms with E-state index in [4.69, 9.17) is 0 Å². The molecule has 0 amide bonds. The van der Waals surface area contributed by atoms with Gasteiger partial charge in [-0.2, -0.15) is 0 Å². The molecule has 1 fully saturated rings. The normalized spacial score (nSPS) is 20.4. The van der Waals surface area contributed by atoms with Gasteiger partial charge in [0.1, 0.15) is 0 Å². The van der Waals surface area contributed by atoms with Gasteiger partial charge in [0.05, 0.1) is 0 Å². The largest absolute Gasteiger partial charge is 0.0854 e. The molecule has 0 N–H and O–H groups in total. The van der Waals surface area contributed by atoms with Crippen molar-refractivity contribution in [3.63, 3.8) is 0 Å². The van der Waals surface area contributed by atoms with E-state index in [0.29, 0.717) is 5.41 Å². The van der Waals surface area contributed by atoms with Crippen molar-refractivity contribution < 1.29 is 0 Å². The highest BCUT2D eigenvalue weighted by Crippen LogP contribution is 2.42. The summed E-state index contributed by atoms with van der Waals surface area (Å²) in [5, 5.41) is 0. The van der Waals surface area contributed by atoms with Gasteiger partial charge in [0.15, 0.2) is 0 Å². The van der Waals surface area contributed by atoms with Crippen LogP contribution in [0.25, 0.3) is 0 Å². The van der Waals surface area contributed by atoms with Crippen molar-refractivity contribution >= 4 is 22.6 Å². The van der Waals surface area contributed by atoms with Crippen molar-refractivity contribution in [1.82, 2.24) is 0 Å². The molecule has 0 bridgehead atoms. The Kier molecular flexibility index (Phi) is 2.92. The van der Waals surface area contributed by atoms with E-state index in [1.165, 1.54) is 30.1 Å². The fourth-order valence-corrected chi connectivity index (χ4v) is 3.55. The maximum Gasteiger partial charge on any atom is 0.00926 e. The molecule has 1 aromatic carbocycles.